The smallest absolute Gasteiger partial charge is 0.260 e. The molecule has 0 aromatic carbocycles. The van der Waals surface area contributed by atoms with Gasteiger partial charge in [0, 0.05) is 15.2 Å². The molecular formula is C19H30INOS. The molecule has 4 heteroatoms. The van der Waals surface area contributed by atoms with Crippen LogP contribution in [0.2, 0.25) is 0 Å². The van der Waals surface area contributed by atoms with Gasteiger partial charge in [-0.1, -0.05) is 70.7 Å². The third-order valence-corrected chi connectivity index (χ3v) is 5.16. The Morgan fingerprint density at radius 3 is 1.65 bits per heavy atom. The number of halogens is 1. The van der Waals surface area contributed by atoms with Gasteiger partial charge in [0.05, 0.1) is 5.03 Å². The van der Waals surface area contributed by atoms with Crippen LogP contribution in [0.5, 0.6) is 0 Å². The minimum Gasteiger partial charge on any atom is -0.278 e. The minimum absolute atomic E-state index is 0.0571. The lowest BCUT2D eigenvalue weighted by molar-refractivity contribution is 0.497. The number of hydrogen-bond acceptors (Lipinski definition) is 2. The standard InChI is InChI=1S/C19H30INOS/c1-11-21-15(22)13(19(8,9)20)12(17(2,3)4)14(16(21)23-10)18(5,6)7/h11H,1H2,2-10H3. The molecule has 1 heterocycles. The van der Waals surface area contributed by atoms with Crippen LogP contribution in [0.4, 0.5) is 0 Å². The summed E-state index contributed by atoms with van der Waals surface area (Å²) in [5, 5.41) is 1.01. The van der Waals surface area contributed by atoms with Crippen molar-refractivity contribution in [2.45, 2.75) is 74.7 Å². The lowest BCUT2D eigenvalue weighted by atomic mass is 9.72. The third-order valence-electron chi connectivity index (χ3n) is 3.84. The van der Waals surface area contributed by atoms with E-state index in [9.17, 15) is 4.79 Å². The highest BCUT2D eigenvalue weighted by Crippen LogP contribution is 2.44. The van der Waals surface area contributed by atoms with Crippen LogP contribution in [0.1, 0.15) is 72.1 Å². The van der Waals surface area contributed by atoms with Crippen LogP contribution in [0.15, 0.2) is 16.4 Å². The molecule has 0 saturated heterocycles. The van der Waals surface area contributed by atoms with Gasteiger partial charge in [0.2, 0.25) is 0 Å². The summed E-state index contributed by atoms with van der Waals surface area (Å²) in [7, 11) is 0. The molecule has 0 spiro atoms. The first-order chi connectivity index (χ1) is 10.2. The zero-order chi connectivity index (χ0) is 18.4. The van der Waals surface area contributed by atoms with Crippen LogP contribution in [0, 0.1) is 0 Å². The maximum atomic E-state index is 13.2. The Bertz CT molecular complexity index is 667. The van der Waals surface area contributed by atoms with Gasteiger partial charge in [-0.25, -0.2) is 0 Å². The predicted octanol–water partition coefficient (Wildman–Crippen LogP) is 5.94. The molecule has 0 unspecified atom stereocenters. The van der Waals surface area contributed by atoms with E-state index in [2.05, 4.69) is 84.6 Å². The summed E-state index contributed by atoms with van der Waals surface area (Å²) in [6, 6.07) is 0. The summed E-state index contributed by atoms with van der Waals surface area (Å²) in [5.41, 5.74) is 3.24. The van der Waals surface area contributed by atoms with Crippen LogP contribution < -0.4 is 5.56 Å². The molecule has 1 aromatic heterocycles. The Kier molecular flexibility index (Phi) is 5.96. The van der Waals surface area contributed by atoms with Crippen molar-refractivity contribution < 1.29 is 0 Å². The average molecular weight is 447 g/mol. The fraction of sp³-hybridized carbons (Fsp3) is 0.632. The molecule has 130 valence electrons. The first kappa shape index (κ1) is 20.8. The molecule has 2 nitrogen and oxygen atoms in total. The summed E-state index contributed by atoms with van der Waals surface area (Å²) >= 11 is 4.01. The van der Waals surface area contributed by atoms with E-state index in [4.69, 9.17) is 0 Å². The number of rotatable bonds is 3. The van der Waals surface area contributed by atoms with Gasteiger partial charge in [0.25, 0.3) is 5.56 Å². The molecule has 0 N–H and O–H groups in total. The van der Waals surface area contributed by atoms with Crippen molar-refractivity contribution in [1.29, 1.82) is 0 Å². The molecule has 1 rings (SSSR count). The Morgan fingerprint density at radius 2 is 1.39 bits per heavy atom. The molecule has 0 atom stereocenters. The van der Waals surface area contributed by atoms with Crippen molar-refractivity contribution in [2.75, 3.05) is 6.26 Å². The number of alkyl halides is 1. The monoisotopic (exact) mass is 447 g/mol. The zero-order valence-electron chi connectivity index (χ0n) is 15.9. The minimum atomic E-state index is -0.251. The molecule has 1 aromatic rings. The van der Waals surface area contributed by atoms with E-state index in [1.165, 1.54) is 11.1 Å². The maximum absolute atomic E-state index is 13.2. The van der Waals surface area contributed by atoms with Gasteiger partial charge in [-0.2, -0.15) is 0 Å². The Morgan fingerprint density at radius 1 is 0.957 bits per heavy atom. The molecule has 0 aliphatic rings. The second kappa shape index (κ2) is 6.58. The van der Waals surface area contributed by atoms with Crippen molar-refractivity contribution in [3.05, 3.63) is 33.6 Å². The van der Waals surface area contributed by atoms with Gasteiger partial charge in [0.1, 0.15) is 0 Å². The maximum Gasteiger partial charge on any atom is 0.260 e. The predicted molar refractivity (Wildman–Crippen MR) is 113 cm³/mol. The lowest BCUT2D eigenvalue weighted by Gasteiger charge is -2.37. The number of pyridine rings is 1. The van der Waals surface area contributed by atoms with Crippen LogP contribution in [-0.2, 0) is 14.3 Å². The van der Waals surface area contributed by atoms with Gasteiger partial charge in [-0.05, 0) is 42.1 Å². The van der Waals surface area contributed by atoms with Crippen molar-refractivity contribution in [2.24, 2.45) is 0 Å². The number of thioether (sulfide) groups is 1. The quantitative estimate of drug-likeness (QED) is 0.325. The zero-order valence-corrected chi connectivity index (χ0v) is 18.9. The van der Waals surface area contributed by atoms with Crippen LogP contribution in [-0.4, -0.2) is 10.8 Å². The van der Waals surface area contributed by atoms with E-state index in [1.807, 2.05) is 6.26 Å². The number of aromatic nitrogens is 1. The molecule has 0 saturated carbocycles. The number of hydrogen-bond donors (Lipinski definition) is 0. The van der Waals surface area contributed by atoms with Crippen LogP contribution >= 0.6 is 34.4 Å². The molecule has 0 fully saturated rings. The fourth-order valence-corrected chi connectivity index (χ4v) is 4.50. The highest BCUT2D eigenvalue weighted by molar-refractivity contribution is 14.1. The van der Waals surface area contributed by atoms with Gasteiger partial charge in [-0.15, -0.1) is 11.8 Å². The first-order valence-corrected chi connectivity index (χ1v) is 10.2. The molecule has 0 aliphatic carbocycles. The summed E-state index contributed by atoms with van der Waals surface area (Å²) in [6.45, 7) is 21.4. The normalized spacial score (nSPS) is 13.3. The van der Waals surface area contributed by atoms with Gasteiger partial charge in [0.15, 0.2) is 0 Å². The second-order valence-corrected chi connectivity index (χ2v) is 12.0. The highest BCUT2D eigenvalue weighted by Gasteiger charge is 2.37. The number of nitrogens with zero attached hydrogens (tertiary/aromatic N) is 1. The Balaban J connectivity index is 4.32. The van der Waals surface area contributed by atoms with E-state index in [1.54, 1.807) is 22.5 Å². The lowest BCUT2D eigenvalue weighted by Crippen LogP contribution is -2.37. The van der Waals surface area contributed by atoms with E-state index in [0.717, 1.165) is 10.6 Å². The topological polar surface area (TPSA) is 22.0 Å². The molecule has 0 amide bonds. The molecule has 0 bridgehead atoms. The first-order valence-electron chi connectivity index (χ1n) is 7.87. The van der Waals surface area contributed by atoms with Crippen molar-refractivity contribution in [3.63, 3.8) is 0 Å². The van der Waals surface area contributed by atoms with Crippen molar-refractivity contribution >= 4 is 40.6 Å². The van der Waals surface area contributed by atoms with Gasteiger partial charge < -0.3 is 0 Å². The largest absolute Gasteiger partial charge is 0.278 e. The summed E-state index contributed by atoms with van der Waals surface area (Å²) in [5.74, 6) is 0. The third kappa shape index (κ3) is 4.06. The summed E-state index contributed by atoms with van der Waals surface area (Å²) < 4.78 is 1.48. The molecule has 23 heavy (non-hydrogen) atoms. The second-order valence-electron chi connectivity index (χ2n) is 8.46. The van der Waals surface area contributed by atoms with Crippen molar-refractivity contribution in [1.82, 2.24) is 4.57 Å². The van der Waals surface area contributed by atoms with E-state index in [0.29, 0.717) is 0 Å². The van der Waals surface area contributed by atoms with Crippen LogP contribution in [0.25, 0.3) is 6.20 Å². The van der Waals surface area contributed by atoms with E-state index < -0.39 is 0 Å². The summed E-state index contributed by atoms with van der Waals surface area (Å²) in [4.78, 5) is 13.2. The molecular weight excluding hydrogens is 417 g/mol. The van der Waals surface area contributed by atoms with Crippen molar-refractivity contribution in [3.8, 4) is 0 Å². The SMILES string of the molecule is C=Cn1c(SC)c(C(C)(C)C)c(C(C)(C)C)c(C(C)(C)I)c1=O. The van der Waals surface area contributed by atoms with Gasteiger partial charge in [-0.3, -0.25) is 9.36 Å². The fourth-order valence-electron chi connectivity index (χ4n) is 3.04. The summed E-state index contributed by atoms with van der Waals surface area (Å²) in [6.07, 6.45) is 3.69. The van der Waals surface area contributed by atoms with Crippen LogP contribution in [0.3, 0.4) is 0 Å². The molecule has 0 aliphatic heterocycles. The molecule has 0 radical (unpaired) electrons. The highest BCUT2D eigenvalue weighted by atomic mass is 127. The van der Waals surface area contributed by atoms with E-state index in [-0.39, 0.29) is 19.8 Å². The van der Waals surface area contributed by atoms with Gasteiger partial charge >= 0.3 is 0 Å². The Labute approximate surface area is 159 Å². The van der Waals surface area contributed by atoms with E-state index >= 15 is 0 Å². The Hall–Kier alpha value is -0.230. The average Bonchev–Trinajstić information content (AvgIpc) is 2.32.